The Hall–Kier alpha value is -4.14. The minimum Gasteiger partial charge on any atom is -0.454 e. The molecule has 1 fully saturated rings. The molecule has 0 bridgehead atoms. The average molecular weight is 658 g/mol. The summed E-state index contributed by atoms with van der Waals surface area (Å²) in [5.41, 5.74) is 4.49. The lowest BCUT2D eigenvalue weighted by atomic mass is 9.85. The number of hydrogen-bond acceptors (Lipinski definition) is 6. The highest BCUT2D eigenvalue weighted by atomic mass is 79.9. The van der Waals surface area contributed by atoms with Gasteiger partial charge in [-0.15, -0.1) is 0 Å². The van der Waals surface area contributed by atoms with Gasteiger partial charge in [-0.05, 0) is 72.4 Å². The summed E-state index contributed by atoms with van der Waals surface area (Å²) in [7, 11) is 0. The Morgan fingerprint density at radius 3 is 2.21 bits per heavy atom. The fraction of sp³-hybridized carbons (Fsp3) is 0.206. The molecule has 1 saturated heterocycles. The van der Waals surface area contributed by atoms with E-state index in [1.54, 1.807) is 48.5 Å². The monoisotopic (exact) mass is 656 g/mol. The molecule has 0 N–H and O–H groups in total. The number of hydrogen-bond donors (Lipinski definition) is 0. The lowest BCUT2D eigenvalue weighted by Gasteiger charge is -2.16. The van der Waals surface area contributed by atoms with Crippen LogP contribution in [0.4, 0.5) is 5.69 Å². The number of ether oxygens (including phenoxy) is 1. The number of allylic oxidation sites excluding steroid dienone is 2. The van der Waals surface area contributed by atoms with Crippen LogP contribution in [0.25, 0.3) is 22.2 Å². The predicted molar refractivity (Wildman–Crippen MR) is 168 cm³/mol. The Kier molecular flexibility index (Phi) is 7.75. The first-order chi connectivity index (χ1) is 20.6. The maximum Gasteiger partial charge on any atom is 0.339 e. The summed E-state index contributed by atoms with van der Waals surface area (Å²) in [6, 6.07) is 17.3. The Morgan fingerprint density at radius 1 is 0.953 bits per heavy atom. The standard InChI is InChI=1S/C34H26BrClN2O5/c1-18-7-9-21(10-8-18)29(39)17-43-34(42)26-16-28(37-31-19(2)30(36)27(35)15-25(26)31)20-11-13-22(14-12-20)38-32(40)23-5-3-4-6-24(23)33(38)41/h3-4,7-16,23-24H,5-6,17H2,1-2H3. The number of benzene rings is 3. The van der Waals surface area contributed by atoms with Gasteiger partial charge in [0.25, 0.3) is 0 Å². The number of pyridine rings is 1. The summed E-state index contributed by atoms with van der Waals surface area (Å²) in [5, 5.41) is 0.981. The van der Waals surface area contributed by atoms with Crippen LogP contribution in [0.3, 0.4) is 0 Å². The van der Waals surface area contributed by atoms with Crippen LogP contribution in [-0.4, -0.2) is 35.2 Å². The van der Waals surface area contributed by atoms with E-state index in [1.165, 1.54) is 4.90 Å². The van der Waals surface area contributed by atoms with E-state index in [4.69, 9.17) is 21.3 Å². The van der Waals surface area contributed by atoms with Crippen LogP contribution in [0.2, 0.25) is 5.02 Å². The lowest BCUT2D eigenvalue weighted by molar-refractivity contribution is -0.122. The molecule has 2 unspecified atom stereocenters. The summed E-state index contributed by atoms with van der Waals surface area (Å²) in [6.07, 6.45) is 5.05. The van der Waals surface area contributed by atoms with E-state index in [9.17, 15) is 19.2 Å². The van der Waals surface area contributed by atoms with Gasteiger partial charge in [-0.25, -0.2) is 9.78 Å². The Labute approximate surface area is 261 Å². The predicted octanol–water partition coefficient (Wildman–Crippen LogP) is 7.43. The van der Waals surface area contributed by atoms with Crippen molar-refractivity contribution in [3.8, 4) is 11.3 Å². The molecule has 7 nitrogen and oxygen atoms in total. The second-order valence-electron chi connectivity index (χ2n) is 10.8. The van der Waals surface area contributed by atoms with Crippen LogP contribution in [0.1, 0.15) is 44.7 Å². The average Bonchev–Trinajstić information content (AvgIpc) is 3.28. The highest BCUT2D eigenvalue weighted by Crippen LogP contribution is 2.39. The molecule has 3 aromatic carbocycles. The number of carbonyl (C=O) groups excluding carboxylic acids is 4. The van der Waals surface area contributed by atoms with Crippen molar-refractivity contribution in [2.75, 3.05) is 11.5 Å². The molecule has 43 heavy (non-hydrogen) atoms. The number of Topliss-reactive ketones (excluding diaryl/α,β-unsaturated/α-hetero) is 1. The van der Waals surface area contributed by atoms with Crippen molar-refractivity contribution in [3.63, 3.8) is 0 Å². The second-order valence-corrected chi connectivity index (χ2v) is 12.1. The first-order valence-corrected chi connectivity index (χ1v) is 15.0. The third-order valence-electron chi connectivity index (χ3n) is 8.08. The van der Waals surface area contributed by atoms with E-state index in [1.807, 2.05) is 38.1 Å². The summed E-state index contributed by atoms with van der Waals surface area (Å²) in [5.74, 6) is -2.00. The van der Waals surface area contributed by atoms with E-state index in [0.29, 0.717) is 61.3 Å². The maximum atomic E-state index is 13.4. The van der Waals surface area contributed by atoms with E-state index >= 15 is 0 Å². The molecular weight excluding hydrogens is 632 g/mol. The van der Waals surface area contributed by atoms with E-state index in [-0.39, 0.29) is 35.0 Å². The van der Waals surface area contributed by atoms with Crippen molar-refractivity contribution in [2.24, 2.45) is 11.8 Å². The SMILES string of the molecule is Cc1ccc(C(=O)COC(=O)c2cc(-c3ccc(N4C(=O)C5CC=CCC5C4=O)cc3)nc3c(C)c(Cl)c(Br)cc23)cc1. The number of aryl methyl sites for hydroxylation is 2. The largest absolute Gasteiger partial charge is 0.454 e. The van der Waals surface area contributed by atoms with Gasteiger partial charge in [0.15, 0.2) is 12.4 Å². The fourth-order valence-electron chi connectivity index (χ4n) is 5.64. The molecule has 4 aromatic rings. The van der Waals surface area contributed by atoms with Crippen LogP contribution in [-0.2, 0) is 14.3 Å². The lowest BCUT2D eigenvalue weighted by Crippen LogP contribution is -2.30. The molecule has 0 radical (unpaired) electrons. The van der Waals surface area contributed by atoms with Crippen molar-refractivity contribution < 1.29 is 23.9 Å². The molecule has 0 saturated carbocycles. The molecule has 1 aliphatic carbocycles. The molecule has 6 rings (SSSR count). The first-order valence-electron chi connectivity index (χ1n) is 13.8. The van der Waals surface area contributed by atoms with Gasteiger partial charge in [0.05, 0.1) is 39.3 Å². The zero-order chi connectivity index (χ0) is 30.4. The van der Waals surface area contributed by atoms with Crippen LogP contribution < -0.4 is 4.90 Å². The number of esters is 1. The van der Waals surface area contributed by atoms with E-state index < -0.39 is 12.6 Å². The van der Waals surface area contributed by atoms with Gasteiger partial charge in [0.2, 0.25) is 11.8 Å². The molecule has 2 atom stereocenters. The van der Waals surface area contributed by atoms with Crippen molar-refractivity contribution in [1.29, 1.82) is 0 Å². The zero-order valence-corrected chi connectivity index (χ0v) is 25.7. The summed E-state index contributed by atoms with van der Waals surface area (Å²) < 4.78 is 6.08. The van der Waals surface area contributed by atoms with Gasteiger partial charge in [-0.2, -0.15) is 0 Å². The molecule has 2 amide bonds. The number of amides is 2. The third-order valence-corrected chi connectivity index (χ3v) is 9.42. The zero-order valence-electron chi connectivity index (χ0n) is 23.4. The highest BCUT2D eigenvalue weighted by molar-refractivity contribution is 9.10. The molecule has 0 spiro atoms. The highest BCUT2D eigenvalue weighted by Gasteiger charge is 2.47. The smallest absolute Gasteiger partial charge is 0.339 e. The van der Waals surface area contributed by atoms with Crippen molar-refractivity contribution >= 4 is 67.7 Å². The van der Waals surface area contributed by atoms with E-state index in [2.05, 4.69) is 15.9 Å². The fourth-order valence-corrected chi connectivity index (χ4v) is 6.31. The Balaban J connectivity index is 1.33. The second kappa shape index (κ2) is 11.5. The molecule has 2 heterocycles. The summed E-state index contributed by atoms with van der Waals surface area (Å²) >= 11 is 9.98. The Morgan fingerprint density at radius 2 is 1.58 bits per heavy atom. The molecule has 2 aliphatic rings. The first kappa shape index (κ1) is 29.0. The number of halogens is 2. The van der Waals surface area contributed by atoms with Crippen molar-refractivity contribution in [2.45, 2.75) is 26.7 Å². The van der Waals surface area contributed by atoms with Crippen LogP contribution in [0.5, 0.6) is 0 Å². The molecule has 1 aliphatic heterocycles. The van der Waals surface area contributed by atoms with Gasteiger partial charge in [-0.3, -0.25) is 19.3 Å². The van der Waals surface area contributed by atoms with Gasteiger partial charge < -0.3 is 4.74 Å². The van der Waals surface area contributed by atoms with Gasteiger partial charge in [-0.1, -0.05) is 65.7 Å². The van der Waals surface area contributed by atoms with E-state index in [0.717, 1.165) is 5.56 Å². The molecule has 216 valence electrons. The number of aromatic nitrogens is 1. The van der Waals surface area contributed by atoms with Gasteiger partial charge in [0.1, 0.15) is 0 Å². The number of fused-ring (bicyclic) bond motifs is 2. The van der Waals surface area contributed by atoms with Crippen LogP contribution in [0.15, 0.2) is 77.3 Å². The third kappa shape index (κ3) is 5.30. The normalized spacial score (nSPS) is 17.8. The number of ketones is 1. The maximum absolute atomic E-state index is 13.4. The van der Waals surface area contributed by atoms with Gasteiger partial charge in [0, 0.05) is 21.0 Å². The number of imide groups is 1. The van der Waals surface area contributed by atoms with Crippen LogP contribution >= 0.6 is 27.5 Å². The molecule has 9 heteroatoms. The minimum atomic E-state index is -0.677. The summed E-state index contributed by atoms with van der Waals surface area (Å²) in [4.78, 5) is 58.3. The van der Waals surface area contributed by atoms with Gasteiger partial charge >= 0.3 is 5.97 Å². The Bertz CT molecular complexity index is 1820. The summed E-state index contributed by atoms with van der Waals surface area (Å²) in [6.45, 7) is 3.32. The quantitative estimate of drug-likeness (QED) is 0.0927. The minimum absolute atomic E-state index is 0.183. The number of carbonyl (C=O) groups is 4. The molecule has 1 aromatic heterocycles. The van der Waals surface area contributed by atoms with Crippen LogP contribution in [0, 0.1) is 25.7 Å². The number of anilines is 1. The molecular formula is C34H26BrClN2O5. The number of nitrogens with zero attached hydrogens (tertiary/aromatic N) is 2. The van der Waals surface area contributed by atoms with Crippen molar-refractivity contribution in [3.05, 3.63) is 105 Å². The topological polar surface area (TPSA) is 93.6 Å². The number of rotatable bonds is 6. The van der Waals surface area contributed by atoms with Crippen molar-refractivity contribution in [1.82, 2.24) is 4.98 Å².